The van der Waals surface area contributed by atoms with E-state index in [2.05, 4.69) is 38.3 Å². The van der Waals surface area contributed by atoms with Gasteiger partial charge in [0.25, 0.3) is 0 Å². The van der Waals surface area contributed by atoms with Crippen molar-refractivity contribution in [1.82, 2.24) is 10.3 Å². The summed E-state index contributed by atoms with van der Waals surface area (Å²) in [6.45, 7) is 4.54. The van der Waals surface area contributed by atoms with Crippen molar-refractivity contribution < 1.29 is 0 Å². The highest BCUT2D eigenvalue weighted by Crippen LogP contribution is 2.36. The van der Waals surface area contributed by atoms with Gasteiger partial charge in [-0.15, -0.1) is 0 Å². The molecule has 1 aliphatic carbocycles. The first-order valence-electron chi connectivity index (χ1n) is 5.69. The number of nitrogens with two attached hydrogens (primary N) is 1. The fraction of sp³-hybridized carbons (Fsp3) is 1.00. The minimum Gasteiger partial charge on any atom is -0.302 e. The van der Waals surface area contributed by atoms with Gasteiger partial charge in [0, 0.05) is 11.6 Å². The number of nitrogens with one attached hydrogen (secondary N) is 1. The quantitative estimate of drug-likeness (QED) is 0.519. The lowest BCUT2D eigenvalue weighted by molar-refractivity contribution is 0.0542. The van der Waals surface area contributed by atoms with Crippen LogP contribution in [0.1, 0.15) is 39.5 Å². The predicted molar refractivity (Wildman–Crippen MR) is 60.8 cm³/mol. The Balaban J connectivity index is 2.72. The van der Waals surface area contributed by atoms with E-state index >= 15 is 0 Å². The summed E-state index contributed by atoms with van der Waals surface area (Å²) >= 11 is 0. The predicted octanol–water partition coefficient (Wildman–Crippen LogP) is 1.35. The lowest BCUT2D eigenvalue weighted by Crippen LogP contribution is -2.62. The summed E-state index contributed by atoms with van der Waals surface area (Å²) < 4.78 is 0. The van der Waals surface area contributed by atoms with E-state index in [-0.39, 0.29) is 5.54 Å². The van der Waals surface area contributed by atoms with Gasteiger partial charge in [-0.2, -0.15) is 0 Å². The van der Waals surface area contributed by atoms with Gasteiger partial charge in [-0.05, 0) is 46.2 Å². The van der Waals surface area contributed by atoms with Gasteiger partial charge < -0.3 is 4.90 Å². The van der Waals surface area contributed by atoms with Crippen molar-refractivity contribution in [3.8, 4) is 0 Å². The molecule has 3 N–H and O–H groups in total. The molecular formula is C11H25N3. The van der Waals surface area contributed by atoms with Crippen LogP contribution in [-0.4, -0.2) is 30.6 Å². The molecule has 1 rings (SSSR count). The first-order valence-corrected chi connectivity index (χ1v) is 5.69. The number of hydrogen-bond acceptors (Lipinski definition) is 3. The van der Waals surface area contributed by atoms with Crippen LogP contribution in [0.4, 0.5) is 0 Å². The van der Waals surface area contributed by atoms with Crippen LogP contribution in [-0.2, 0) is 0 Å². The molecule has 1 fully saturated rings. The summed E-state index contributed by atoms with van der Waals surface area (Å²) in [5.41, 5.74) is 3.22. The lowest BCUT2D eigenvalue weighted by Gasteiger charge is -2.48. The zero-order valence-electron chi connectivity index (χ0n) is 10.0. The molecule has 2 unspecified atom stereocenters. The second-order valence-electron chi connectivity index (χ2n) is 4.94. The molecule has 1 saturated carbocycles. The average molecular weight is 199 g/mol. The fourth-order valence-corrected chi connectivity index (χ4v) is 2.41. The molecule has 0 amide bonds. The highest BCUT2D eigenvalue weighted by Gasteiger charge is 2.41. The van der Waals surface area contributed by atoms with E-state index in [4.69, 9.17) is 5.84 Å². The number of nitrogens with zero attached hydrogens (tertiary/aromatic N) is 1. The summed E-state index contributed by atoms with van der Waals surface area (Å²) in [5, 5.41) is 0. The van der Waals surface area contributed by atoms with Crippen LogP contribution in [0, 0.1) is 5.92 Å². The maximum atomic E-state index is 5.71. The molecule has 0 spiro atoms. The molecule has 2 atom stereocenters. The van der Waals surface area contributed by atoms with Crippen LogP contribution in [0.5, 0.6) is 0 Å². The minimum atomic E-state index is 0.180. The molecule has 0 aliphatic heterocycles. The Kier molecular flexibility index (Phi) is 3.93. The Hall–Kier alpha value is -0.120. The van der Waals surface area contributed by atoms with Gasteiger partial charge in [0.05, 0.1) is 0 Å². The SMILES string of the molecule is CCC(C)(C(NN)C1CCC1)N(C)C. The topological polar surface area (TPSA) is 41.3 Å². The lowest BCUT2D eigenvalue weighted by atomic mass is 9.71. The second kappa shape index (κ2) is 4.60. The molecule has 0 radical (unpaired) electrons. The second-order valence-corrected chi connectivity index (χ2v) is 4.94. The molecule has 0 saturated heterocycles. The van der Waals surface area contributed by atoms with Gasteiger partial charge in [-0.25, -0.2) is 0 Å². The molecular weight excluding hydrogens is 174 g/mol. The number of likely N-dealkylation sites (N-methyl/N-ethyl adjacent to an activating group) is 1. The highest BCUT2D eigenvalue weighted by atomic mass is 15.3. The van der Waals surface area contributed by atoms with Crippen LogP contribution in [0.2, 0.25) is 0 Å². The summed E-state index contributed by atoms with van der Waals surface area (Å²) in [4.78, 5) is 2.30. The van der Waals surface area contributed by atoms with Gasteiger partial charge in [0.1, 0.15) is 0 Å². The van der Waals surface area contributed by atoms with E-state index < -0.39 is 0 Å². The number of rotatable bonds is 5. The number of hydrazine groups is 1. The van der Waals surface area contributed by atoms with E-state index in [1.807, 2.05) is 0 Å². The highest BCUT2D eigenvalue weighted by molar-refractivity contribution is 4.99. The van der Waals surface area contributed by atoms with Crippen LogP contribution in [0.3, 0.4) is 0 Å². The van der Waals surface area contributed by atoms with Crippen LogP contribution in [0.15, 0.2) is 0 Å². The smallest absolute Gasteiger partial charge is 0.0419 e. The third kappa shape index (κ3) is 1.95. The minimum absolute atomic E-state index is 0.180. The van der Waals surface area contributed by atoms with Crippen molar-refractivity contribution in [2.24, 2.45) is 11.8 Å². The van der Waals surface area contributed by atoms with E-state index in [0.29, 0.717) is 6.04 Å². The van der Waals surface area contributed by atoms with E-state index in [0.717, 1.165) is 12.3 Å². The van der Waals surface area contributed by atoms with Crippen molar-refractivity contribution in [1.29, 1.82) is 0 Å². The molecule has 0 aromatic rings. The Labute approximate surface area is 88.0 Å². The van der Waals surface area contributed by atoms with Gasteiger partial charge in [0.2, 0.25) is 0 Å². The van der Waals surface area contributed by atoms with Crippen molar-refractivity contribution in [2.75, 3.05) is 14.1 Å². The summed E-state index contributed by atoms with van der Waals surface area (Å²) in [7, 11) is 4.29. The first-order chi connectivity index (χ1) is 6.56. The van der Waals surface area contributed by atoms with Crippen molar-refractivity contribution in [2.45, 2.75) is 51.1 Å². The van der Waals surface area contributed by atoms with E-state index in [1.54, 1.807) is 0 Å². The average Bonchev–Trinajstić information content (AvgIpc) is 2.09. The Morgan fingerprint density at radius 3 is 2.29 bits per heavy atom. The normalized spacial score (nSPS) is 24.4. The first kappa shape index (κ1) is 12.0. The van der Waals surface area contributed by atoms with Crippen LogP contribution >= 0.6 is 0 Å². The molecule has 0 heterocycles. The zero-order chi connectivity index (χ0) is 10.8. The van der Waals surface area contributed by atoms with Crippen LogP contribution < -0.4 is 11.3 Å². The largest absolute Gasteiger partial charge is 0.302 e. The Morgan fingerprint density at radius 2 is 2.07 bits per heavy atom. The number of hydrogen-bond donors (Lipinski definition) is 2. The summed E-state index contributed by atoms with van der Waals surface area (Å²) in [5.74, 6) is 6.48. The Morgan fingerprint density at radius 1 is 1.50 bits per heavy atom. The third-order valence-corrected chi connectivity index (χ3v) is 4.21. The van der Waals surface area contributed by atoms with Gasteiger partial charge in [0.15, 0.2) is 0 Å². The molecule has 14 heavy (non-hydrogen) atoms. The Bertz CT molecular complexity index is 177. The molecule has 0 aromatic carbocycles. The van der Waals surface area contributed by atoms with Gasteiger partial charge in [-0.1, -0.05) is 13.3 Å². The molecule has 1 aliphatic rings. The van der Waals surface area contributed by atoms with E-state index in [9.17, 15) is 0 Å². The van der Waals surface area contributed by atoms with Crippen LogP contribution in [0.25, 0.3) is 0 Å². The van der Waals surface area contributed by atoms with Crippen molar-refractivity contribution in [3.63, 3.8) is 0 Å². The van der Waals surface area contributed by atoms with E-state index in [1.165, 1.54) is 19.3 Å². The third-order valence-electron chi connectivity index (χ3n) is 4.21. The maximum absolute atomic E-state index is 5.71. The summed E-state index contributed by atoms with van der Waals surface area (Å²) in [6.07, 6.45) is 5.16. The van der Waals surface area contributed by atoms with Gasteiger partial charge in [-0.3, -0.25) is 11.3 Å². The summed E-state index contributed by atoms with van der Waals surface area (Å²) in [6, 6.07) is 0.427. The standard InChI is InChI=1S/C11H25N3/c1-5-11(2,14(3)4)10(13-12)9-7-6-8-9/h9-10,13H,5-8,12H2,1-4H3. The molecule has 3 heteroatoms. The monoisotopic (exact) mass is 199 g/mol. The molecule has 84 valence electrons. The van der Waals surface area contributed by atoms with Crippen molar-refractivity contribution in [3.05, 3.63) is 0 Å². The molecule has 0 bridgehead atoms. The fourth-order valence-electron chi connectivity index (χ4n) is 2.41. The molecule has 0 aromatic heterocycles. The molecule has 3 nitrogen and oxygen atoms in total. The zero-order valence-corrected chi connectivity index (χ0v) is 10.0. The van der Waals surface area contributed by atoms with Gasteiger partial charge >= 0.3 is 0 Å². The van der Waals surface area contributed by atoms with Crippen molar-refractivity contribution >= 4 is 0 Å². The maximum Gasteiger partial charge on any atom is 0.0419 e.